The first-order valence-corrected chi connectivity index (χ1v) is 7.19. The second kappa shape index (κ2) is 7.70. The summed E-state index contributed by atoms with van der Waals surface area (Å²) in [7, 11) is 0. The number of unbranched alkanes of at least 4 members (excludes halogenated alkanes) is 1. The Bertz CT molecular complexity index is 230. The Balaban J connectivity index is 2.29. The number of hydrogen-bond donors (Lipinski definition) is 2. The molecule has 0 aromatic rings. The average Bonchev–Trinajstić information content (AvgIpc) is 2.51. The van der Waals surface area contributed by atoms with Crippen LogP contribution in [-0.2, 0) is 4.79 Å². The van der Waals surface area contributed by atoms with Crippen molar-refractivity contribution in [1.82, 2.24) is 5.32 Å². The van der Waals surface area contributed by atoms with Crippen molar-refractivity contribution in [3.63, 3.8) is 0 Å². The van der Waals surface area contributed by atoms with Gasteiger partial charge in [0, 0.05) is 6.04 Å². The Labute approximate surface area is 106 Å². The molecule has 3 atom stereocenters. The van der Waals surface area contributed by atoms with Crippen molar-refractivity contribution < 1.29 is 4.79 Å². The fraction of sp³-hybridized carbons (Fsp3) is 0.929. The first-order valence-electron chi connectivity index (χ1n) is 7.19. The highest BCUT2D eigenvalue weighted by Crippen LogP contribution is 2.22. The van der Waals surface area contributed by atoms with Gasteiger partial charge in [-0.1, -0.05) is 39.5 Å². The average molecular weight is 240 g/mol. The molecule has 0 aromatic carbocycles. The van der Waals surface area contributed by atoms with Gasteiger partial charge in [0.2, 0.25) is 5.91 Å². The second-order valence-electron chi connectivity index (χ2n) is 5.57. The first-order chi connectivity index (χ1) is 8.13. The van der Waals surface area contributed by atoms with E-state index in [0.717, 1.165) is 38.0 Å². The molecule has 1 saturated carbocycles. The van der Waals surface area contributed by atoms with E-state index < -0.39 is 0 Å². The smallest absolute Gasteiger partial charge is 0.237 e. The Kier molecular flexibility index (Phi) is 6.56. The van der Waals surface area contributed by atoms with E-state index in [1.54, 1.807) is 0 Å². The summed E-state index contributed by atoms with van der Waals surface area (Å²) in [5, 5.41) is 3.12. The molecule has 0 aliphatic heterocycles. The van der Waals surface area contributed by atoms with Gasteiger partial charge in [-0.3, -0.25) is 4.79 Å². The molecule has 1 aliphatic carbocycles. The van der Waals surface area contributed by atoms with E-state index in [0.29, 0.717) is 6.04 Å². The summed E-state index contributed by atoms with van der Waals surface area (Å²) in [5.74, 6) is 0.865. The largest absolute Gasteiger partial charge is 0.352 e. The van der Waals surface area contributed by atoms with Crippen LogP contribution in [0.15, 0.2) is 0 Å². The molecule has 1 aliphatic rings. The zero-order chi connectivity index (χ0) is 12.7. The number of nitrogens with two attached hydrogens (primary N) is 1. The Hall–Kier alpha value is -0.570. The fourth-order valence-electron chi connectivity index (χ4n) is 2.49. The molecule has 0 saturated heterocycles. The van der Waals surface area contributed by atoms with Crippen LogP contribution in [0.1, 0.15) is 65.2 Å². The maximum Gasteiger partial charge on any atom is 0.237 e. The quantitative estimate of drug-likeness (QED) is 0.726. The third-order valence-electron chi connectivity index (χ3n) is 3.81. The van der Waals surface area contributed by atoms with Crippen LogP contribution in [0.4, 0.5) is 0 Å². The summed E-state index contributed by atoms with van der Waals surface area (Å²) in [5.41, 5.74) is 5.87. The normalized spacial score (nSPS) is 27.2. The van der Waals surface area contributed by atoms with Crippen molar-refractivity contribution in [3.05, 3.63) is 0 Å². The molecule has 3 heteroatoms. The summed E-state index contributed by atoms with van der Waals surface area (Å²) in [4.78, 5) is 11.9. The summed E-state index contributed by atoms with van der Waals surface area (Å²) in [6.45, 7) is 4.43. The fourth-order valence-corrected chi connectivity index (χ4v) is 2.49. The van der Waals surface area contributed by atoms with E-state index >= 15 is 0 Å². The molecule has 0 aromatic heterocycles. The molecule has 0 bridgehead atoms. The summed E-state index contributed by atoms with van der Waals surface area (Å²) in [6.07, 6.45) is 8.95. The molecular formula is C14H28N2O. The standard InChI is InChI=1S/C14H28N2O/c1-3-4-8-13(15)14(17)16-12-7-5-6-11(2)9-10-12/h11-13H,3-10,15H2,1-2H3,(H,16,17). The van der Waals surface area contributed by atoms with E-state index in [1.807, 2.05) is 0 Å². The van der Waals surface area contributed by atoms with Crippen LogP contribution >= 0.6 is 0 Å². The van der Waals surface area contributed by atoms with Crippen molar-refractivity contribution in [2.45, 2.75) is 77.3 Å². The molecule has 100 valence electrons. The van der Waals surface area contributed by atoms with Gasteiger partial charge in [-0.15, -0.1) is 0 Å². The SMILES string of the molecule is CCCCC(N)C(=O)NC1CCCC(C)CC1. The molecule has 1 rings (SSSR count). The predicted octanol–water partition coefficient (Wildman–Crippen LogP) is 2.59. The highest BCUT2D eigenvalue weighted by molar-refractivity contribution is 5.81. The maximum atomic E-state index is 11.9. The number of rotatable bonds is 5. The number of amides is 1. The number of carbonyl (C=O) groups excluding carboxylic acids is 1. The lowest BCUT2D eigenvalue weighted by molar-refractivity contribution is -0.123. The topological polar surface area (TPSA) is 55.1 Å². The molecule has 3 unspecified atom stereocenters. The van der Waals surface area contributed by atoms with Gasteiger partial charge in [0.05, 0.1) is 6.04 Å². The Morgan fingerprint density at radius 2 is 2.12 bits per heavy atom. The lowest BCUT2D eigenvalue weighted by atomic mass is 10.0. The van der Waals surface area contributed by atoms with E-state index in [2.05, 4.69) is 19.2 Å². The zero-order valence-electron chi connectivity index (χ0n) is 11.4. The van der Waals surface area contributed by atoms with Gasteiger partial charge in [0.25, 0.3) is 0 Å². The lowest BCUT2D eigenvalue weighted by Gasteiger charge is -2.19. The molecule has 1 fully saturated rings. The van der Waals surface area contributed by atoms with Crippen molar-refractivity contribution >= 4 is 5.91 Å². The highest BCUT2D eigenvalue weighted by Gasteiger charge is 2.20. The van der Waals surface area contributed by atoms with E-state index in [1.165, 1.54) is 19.3 Å². The van der Waals surface area contributed by atoms with Crippen molar-refractivity contribution in [2.75, 3.05) is 0 Å². The Morgan fingerprint density at radius 1 is 1.35 bits per heavy atom. The van der Waals surface area contributed by atoms with Gasteiger partial charge in [-0.25, -0.2) is 0 Å². The Morgan fingerprint density at radius 3 is 2.82 bits per heavy atom. The van der Waals surface area contributed by atoms with Crippen LogP contribution in [0.3, 0.4) is 0 Å². The molecule has 3 nitrogen and oxygen atoms in total. The van der Waals surface area contributed by atoms with E-state index in [-0.39, 0.29) is 11.9 Å². The molecule has 1 amide bonds. The number of carbonyl (C=O) groups is 1. The van der Waals surface area contributed by atoms with Crippen LogP contribution in [-0.4, -0.2) is 18.0 Å². The highest BCUT2D eigenvalue weighted by atomic mass is 16.2. The van der Waals surface area contributed by atoms with Crippen molar-refractivity contribution in [2.24, 2.45) is 11.7 Å². The van der Waals surface area contributed by atoms with Gasteiger partial charge < -0.3 is 11.1 Å². The monoisotopic (exact) mass is 240 g/mol. The minimum atomic E-state index is -0.310. The summed E-state index contributed by atoms with van der Waals surface area (Å²) < 4.78 is 0. The summed E-state index contributed by atoms with van der Waals surface area (Å²) in [6, 6.07) is 0.0516. The third-order valence-corrected chi connectivity index (χ3v) is 3.81. The first kappa shape index (κ1) is 14.5. The van der Waals surface area contributed by atoms with Crippen LogP contribution in [0.2, 0.25) is 0 Å². The number of nitrogens with one attached hydrogen (secondary N) is 1. The van der Waals surface area contributed by atoms with Crippen LogP contribution in [0, 0.1) is 5.92 Å². The van der Waals surface area contributed by atoms with Gasteiger partial charge in [0.1, 0.15) is 0 Å². The summed E-state index contributed by atoms with van der Waals surface area (Å²) >= 11 is 0. The molecule has 17 heavy (non-hydrogen) atoms. The number of hydrogen-bond acceptors (Lipinski definition) is 2. The zero-order valence-corrected chi connectivity index (χ0v) is 11.4. The van der Waals surface area contributed by atoms with Gasteiger partial charge in [-0.2, -0.15) is 0 Å². The minimum Gasteiger partial charge on any atom is -0.352 e. The van der Waals surface area contributed by atoms with Crippen molar-refractivity contribution in [3.8, 4) is 0 Å². The van der Waals surface area contributed by atoms with Crippen LogP contribution in [0.25, 0.3) is 0 Å². The van der Waals surface area contributed by atoms with Gasteiger partial charge in [0.15, 0.2) is 0 Å². The second-order valence-corrected chi connectivity index (χ2v) is 5.57. The van der Waals surface area contributed by atoms with Gasteiger partial charge in [-0.05, 0) is 31.6 Å². The van der Waals surface area contributed by atoms with E-state index in [4.69, 9.17) is 5.73 Å². The molecule has 0 heterocycles. The molecule has 0 radical (unpaired) electrons. The van der Waals surface area contributed by atoms with E-state index in [9.17, 15) is 4.79 Å². The molecule has 3 N–H and O–H groups in total. The van der Waals surface area contributed by atoms with Gasteiger partial charge >= 0.3 is 0 Å². The predicted molar refractivity (Wildman–Crippen MR) is 71.7 cm³/mol. The minimum absolute atomic E-state index is 0.0537. The van der Waals surface area contributed by atoms with Crippen LogP contribution in [0.5, 0.6) is 0 Å². The lowest BCUT2D eigenvalue weighted by Crippen LogP contribution is -2.45. The molecular weight excluding hydrogens is 212 g/mol. The van der Waals surface area contributed by atoms with Crippen molar-refractivity contribution in [1.29, 1.82) is 0 Å². The third kappa shape index (κ3) is 5.53. The van der Waals surface area contributed by atoms with Crippen LogP contribution < -0.4 is 11.1 Å². The molecule has 0 spiro atoms. The maximum absolute atomic E-state index is 11.9.